The number of halogens is 3. The number of ether oxygens (including phenoxy) is 1. The third kappa shape index (κ3) is 11.3. The van der Waals surface area contributed by atoms with E-state index < -0.39 is 12.8 Å². The Morgan fingerprint density at radius 1 is 1.31 bits per heavy atom. The van der Waals surface area contributed by atoms with E-state index in [2.05, 4.69) is 10.1 Å². The smallest absolute Gasteiger partial charge is 0.370 e. The lowest BCUT2D eigenvalue weighted by molar-refractivity contribution is -0.173. The predicted molar refractivity (Wildman–Crippen MR) is 54.0 cm³/mol. The van der Waals surface area contributed by atoms with Crippen molar-refractivity contribution in [2.24, 2.45) is 0 Å². The van der Waals surface area contributed by atoms with E-state index in [1.165, 1.54) is 0 Å². The summed E-state index contributed by atoms with van der Waals surface area (Å²) >= 11 is 0. The van der Waals surface area contributed by atoms with Crippen molar-refractivity contribution < 1.29 is 22.7 Å². The molecule has 0 aliphatic carbocycles. The molecule has 0 aliphatic rings. The topological polar surface area (TPSA) is 38.3 Å². The normalized spacial score (nSPS) is 11.5. The van der Waals surface area contributed by atoms with Crippen LogP contribution in [-0.4, -0.2) is 31.8 Å². The van der Waals surface area contributed by atoms with Gasteiger partial charge in [-0.1, -0.05) is 19.8 Å². The van der Waals surface area contributed by atoms with Crippen molar-refractivity contribution in [3.63, 3.8) is 0 Å². The molecule has 0 aromatic rings. The quantitative estimate of drug-likeness (QED) is 0.662. The van der Waals surface area contributed by atoms with Crippen LogP contribution in [0.4, 0.5) is 13.2 Å². The maximum Gasteiger partial charge on any atom is 0.411 e. The molecule has 0 aromatic heterocycles. The Morgan fingerprint density at radius 3 is 2.56 bits per heavy atom. The van der Waals surface area contributed by atoms with Crippen LogP contribution >= 0.6 is 0 Å². The van der Waals surface area contributed by atoms with Gasteiger partial charge in [-0.25, -0.2) is 0 Å². The summed E-state index contributed by atoms with van der Waals surface area (Å²) in [5, 5.41) is 2.50. The van der Waals surface area contributed by atoms with Gasteiger partial charge in [-0.05, 0) is 6.42 Å². The van der Waals surface area contributed by atoms with Gasteiger partial charge < -0.3 is 10.1 Å². The molecule has 3 nitrogen and oxygen atoms in total. The molecule has 0 saturated carbocycles. The minimum Gasteiger partial charge on any atom is -0.370 e. The molecule has 16 heavy (non-hydrogen) atoms. The molecule has 0 radical (unpaired) electrons. The number of rotatable bonds is 8. The largest absolute Gasteiger partial charge is 0.411 e. The highest BCUT2D eigenvalue weighted by Crippen LogP contribution is 2.13. The molecule has 0 rings (SSSR count). The van der Waals surface area contributed by atoms with Crippen LogP contribution in [0.15, 0.2) is 0 Å². The molecular weight excluding hydrogens is 223 g/mol. The van der Waals surface area contributed by atoms with Gasteiger partial charge >= 0.3 is 6.18 Å². The van der Waals surface area contributed by atoms with Gasteiger partial charge in [0.2, 0.25) is 5.91 Å². The van der Waals surface area contributed by atoms with Gasteiger partial charge in [-0.3, -0.25) is 4.79 Å². The summed E-state index contributed by atoms with van der Waals surface area (Å²) in [6.07, 6.45) is -1.05. The van der Waals surface area contributed by atoms with Crippen molar-refractivity contribution in [3.8, 4) is 0 Å². The second-order valence-electron chi connectivity index (χ2n) is 3.47. The predicted octanol–water partition coefficient (Wildman–Crippen LogP) is 2.26. The summed E-state index contributed by atoms with van der Waals surface area (Å²) in [6, 6.07) is 0. The highest BCUT2D eigenvalue weighted by molar-refractivity contribution is 5.75. The fraction of sp³-hybridized carbons (Fsp3) is 0.900. The van der Waals surface area contributed by atoms with Crippen molar-refractivity contribution in [3.05, 3.63) is 0 Å². The average Bonchev–Trinajstić information content (AvgIpc) is 2.16. The van der Waals surface area contributed by atoms with Crippen molar-refractivity contribution in [2.45, 2.75) is 38.8 Å². The number of carbonyl (C=O) groups is 1. The monoisotopic (exact) mass is 241 g/mol. The second kappa shape index (κ2) is 8.38. The molecule has 0 fully saturated rings. The molecule has 0 aromatic carbocycles. The SMILES string of the molecule is CCCCCC(=O)NCCOCC(F)(F)F. The van der Waals surface area contributed by atoms with E-state index in [0.717, 1.165) is 19.3 Å². The maximum atomic E-state index is 11.6. The number of hydrogen-bond acceptors (Lipinski definition) is 2. The van der Waals surface area contributed by atoms with Crippen LogP contribution in [0.1, 0.15) is 32.6 Å². The van der Waals surface area contributed by atoms with Gasteiger partial charge in [0.25, 0.3) is 0 Å². The molecule has 96 valence electrons. The lowest BCUT2D eigenvalue weighted by Crippen LogP contribution is -2.28. The summed E-state index contributed by atoms with van der Waals surface area (Å²) in [7, 11) is 0. The Hall–Kier alpha value is -0.780. The highest BCUT2D eigenvalue weighted by atomic mass is 19.4. The Kier molecular flexibility index (Phi) is 7.97. The molecule has 0 spiro atoms. The molecule has 1 N–H and O–H groups in total. The highest BCUT2D eigenvalue weighted by Gasteiger charge is 2.27. The Morgan fingerprint density at radius 2 is 2.00 bits per heavy atom. The van der Waals surface area contributed by atoms with Crippen molar-refractivity contribution in [1.82, 2.24) is 5.32 Å². The summed E-state index contributed by atoms with van der Waals surface area (Å²) in [4.78, 5) is 11.1. The number of amides is 1. The fourth-order valence-electron chi connectivity index (χ4n) is 1.07. The first kappa shape index (κ1) is 15.2. The van der Waals surface area contributed by atoms with Crippen LogP contribution in [0.5, 0.6) is 0 Å². The van der Waals surface area contributed by atoms with Crippen molar-refractivity contribution in [1.29, 1.82) is 0 Å². The van der Waals surface area contributed by atoms with E-state index >= 15 is 0 Å². The molecule has 0 atom stereocenters. The van der Waals surface area contributed by atoms with Crippen LogP contribution in [-0.2, 0) is 9.53 Å². The Labute approximate surface area is 93.3 Å². The fourth-order valence-corrected chi connectivity index (χ4v) is 1.07. The zero-order valence-electron chi connectivity index (χ0n) is 9.40. The van der Waals surface area contributed by atoms with Gasteiger partial charge in [0, 0.05) is 13.0 Å². The van der Waals surface area contributed by atoms with Crippen LogP contribution < -0.4 is 5.32 Å². The van der Waals surface area contributed by atoms with Crippen molar-refractivity contribution >= 4 is 5.91 Å². The zero-order valence-corrected chi connectivity index (χ0v) is 9.40. The standard InChI is InChI=1S/C10H18F3NO2/c1-2-3-4-5-9(15)14-6-7-16-8-10(11,12)13/h2-8H2,1H3,(H,14,15). The summed E-state index contributed by atoms with van der Waals surface area (Å²) in [5.41, 5.74) is 0. The van der Waals surface area contributed by atoms with E-state index in [4.69, 9.17) is 0 Å². The van der Waals surface area contributed by atoms with Gasteiger partial charge in [-0.15, -0.1) is 0 Å². The third-order valence-electron chi connectivity index (χ3n) is 1.84. The molecule has 0 bridgehead atoms. The lowest BCUT2D eigenvalue weighted by atomic mass is 10.2. The number of nitrogens with one attached hydrogen (secondary N) is 1. The molecule has 0 unspecified atom stereocenters. The number of alkyl halides is 3. The molecular formula is C10H18F3NO2. The first-order valence-corrected chi connectivity index (χ1v) is 5.37. The zero-order chi connectivity index (χ0) is 12.4. The van der Waals surface area contributed by atoms with E-state index in [1.807, 2.05) is 6.92 Å². The minimum absolute atomic E-state index is 0.112. The van der Waals surface area contributed by atoms with Gasteiger partial charge in [0.05, 0.1) is 6.61 Å². The van der Waals surface area contributed by atoms with E-state index in [9.17, 15) is 18.0 Å². The van der Waals surface area contributed by atoms with E-state index in [-0.39, 0.29) is 19.1 Å². The first-order valence-electron chi connectivity index (χ1n) is 5.37. The molecule has 0 heterocycles. The van der Waals surface area contributed by atoms with Crippen LogP contribution in [0.2, 0.25) is 0 Å². The molecule has 0 saturated heterocycles. The van der Waals surface area contributed by atoms with E-state index in [1.54, 1.807) is 0 Å². The average molecular weight is 241 g/mol. The van der Waals surface area contributed by atoms with Gasteiger partial charge in [-0.2, -0.15) is 13.2 Å². The van der Waals surface area contributed by atoms with Crippen LogP contribution in [0.25, 0.3) is 0 Å². The lowest BCUT2D eigenvalue weighted by Gasteiger charge is -2.08. The van der Waals surface area contributed by atoms with Crippen LogP contribution in [0.3, 0.4) is 0 Å². The number of hydrogen-bond donors (Lipinski definition) is 1. The number of unbranched alkanes of at least 4 members (excludes halogenated alkanes) is 2. The van der Waals surface area contributed by atoms with E-state index in [0.29, 0.717) is 6.42 Å². The first-order chi connectivity index (χ1) is 7.45. The van der Waals surface area contributed by atoms with Crippen LogP contribution in [0, 0.1) is 0 Å². The summed E-state index contributed by atoms with van der Waals surface area (Å²) < 4.78 is 39.2. The molecule has 6 heteroatoms. The van der Waals surface area contributed by atoms with Crippen molar-refractivity contribution in [2.75, 3.05) is 19.8 Å². The molecule has 0 aliphatic heterocycles. The second-order valence-corrected chi connectivity index (χ2v) is 3.47. The summed E-state index contributed by atoms with van der Waals surface area (Å²) in [5.74, 6) is -0.135. The Bertz CT molecular complexity index is 195. The Balaban J connectivity index is 3.28. The minimum atomic E-state index is -4.30. The summed E-state index contributed by atoms with van der Waals surface area (Å²) in [6.45, 7) is 0.779. The van der Waals surface area contributed by atoms with Gasteiger partial charge in [0.1, 0.15) is 6.61 Å². The maximum absolute atomic E-state index is 11.6. The number of carbonyl (C=O) groups excluding carboxylic acids is 1. The third-order valence-corrected chi connectivity index (χ3v) is 1.84. The van der Waals surface area contributed by atoms with Gasteiger partial charge in [0.15, 0.2) is 0 Å². The molecule has 1 amide bonds.